The maximum absolute atomic E-state index is 14.2. The highest BCUT2D eigenvalue weighted by atomic mass is 19.1. The molecule has 1 aliphatic carbocycles. The second-order valence-corrected chi connectivity index (χ2v) is 8.55. The fraction of sp³-hybridized carbons (Fsp3) is 0.609. The smallest absolute Gasteiger partial charge is 0.233 e. The zero-order chi connectivity index (χ0) is 21.5. The molecule has 0 radical (unpaired) electrons. The maximum Gasteiger partial charge on any atom is 0.233 e. The van der Waals surface area contributed by atoms with Gasteiger partial charge >= 0.3 is 0 Å². The Bertz CT molecular complexity index is 838. The van der Waals surface area contributed by atoms with Crippen LogP contribution in [0, 0.1) is 5.82 Å². The molecule has 168 valence electrons. The van der Waals surface area contributed by atoms with Crippen molar-refractivity contribution in [3.8, 4) is 0 Å². The Labute approximate surface area is 184 Å². The number of rotatable bonds is 8. The van der Waals surface area contributed by atoms with Crippen LogP contribution in [0.2, 0.25) is 0 Å². The molecular weight excluding hydrogens is 393 g/mol. The molecule has 8 heteroatoms. The summed E-state index contributed by atoms with van der Waals surface area (Å²) in [5, 5.41) is 9.93. The molecule has 0 bridgehead atoms. The van der Waals surface area contributed by atoms with Gasteiger partial charge < -0.3 is 16.0 Å². The van der Waals surface area contributed by atoms with E-state index >= 15 is 0 Å². The van der Waals surface area contributed by atoms with Crippen LogP contribution in [0.15, 0.2) is 24.3 Å². The summed E-state index contributed by atoms with van der Waals surface area (Å²) in [6.07, 6.45) is 9.68. The zero-order valence-corrected chi connectivity index (χ0v) is 18.4. The minimum absolute atomic E-state index is 0.333. The third-order valence-corrected chi connectivity index (χ3v) is 6.35. The SMILES string of the molecule is CCN1CCCC1CNc1nc(Nc2ccccc2F)nc(NC2CCCCCC2)n1. The largest absolute Gasteiger partial charge is 0.352 e. The minimum Gasteiger partial charge on any atom is -0.352 e. The molecule has 1 aromatic heterocycles. The van der Waals surface area contributed by atoms with E-state index in [9.17, 15) is 4.39 Å². The summed E-state index contributed by atoms with van der Waals surface area (Å²) >= 11 is 0. The molecular formula is C23H34FN7. The Balaban J connectivity index is 1.51. The monoisotopic (exact) mass is 427 g/mol. The molecule has 4 rings (SSSR count). The predicted octanol–water partition coefficient (Wildman–Crippen LogP) is 4.79. The highest BCUT2D eigenvalue weighted by Gasteiger charge is 2.23. The van der Waals surface area contributed by atoms with Crippen LogP contribution in [0.4, 0.5) is 27.9 Å². The Morgan fingerprint density at radius 1 is 0.935 bits per heavy atom. The summed E-state index contributed by atoms with van der Waals surface area (Å²) in [5.74, 6) is 1.08. The van der Waals surface area contributed by atoms with E-state index in [-0.39, 0.29) is 5.82 Å². The van der Waals surface area contributed by atoms with Gasteiger partial charge in [0, 0.05) is 18.6 Å². The molecule has 0 amide bonds. The molecule has 1 unspecified atom stereocenters. The van der Waals surface area contributed by atoms with Crippen molar-refractivity contribution >= 4 is 23.5 Å². The maximum atomic E-state index is 14.2. The zero-order valence-electron chi connectivity index (χ0n) is 18.4. The third-order valence-electron chi connectivity index (χ3n) is 6.35. The molecule has 2 fully saturated rings. The number of nitrogens with zero attached hydrogens (tertiary/aromatic N) is 4. The average molecular weight is 428 g/mol. The number of nitrogens with one attached hydrogen (secondary N) is 3. The second kappa shape index (κ2) is 10.7. The number of hydrogen-bond acceptors (Lipinski definition) is 7. The van der Waals surface area contributed by atoms with Crippen molar-refractivity contribution < 1.29 is 4.39 Å². The van der Waals surface area contributed by atoms with Gasteiger partial charge in [0.2, 0.25) is 17.8 Å². The Morgan fingerprint density at radius 2 is 1.68 bits per heavy atom. The minimum atomic E-state index is -0.333. The molecule has 1 saturated carbocycles. The van der Waals surface area contributed by atoms with Crippen molar-refractivity contribution in [1.82, 2.24) is 19.9 Å². The fourth-order valence-electron chi connectivity index (χ4n) is 4.62. The topological polar surface area (TPSA) is 78.0 Å². The van der Waals surface area contributed by atoms with Crippen molar-refractivity contribution in [2.45, 2.75) is 70.4 Å². The first-order chi connectivity index (χ1) is 15.2. The first kappa shape index (κ1) is 21.7. The van der Waals surface area contributed by atoms with Gasteiger partial charge in [-0.15, -0.1) is 0 Å². The van der Waals surface area contributed by atoms with Gasteiger partial charge in [-0.2, -0.15) is 15.0 Å². The van der Waals surface area contributed by atoms with Gasteiger partial charge in [0.05, 0.1) is 5.69 Å². The van der Waals surface area contributed by atoms with E-state index in [1.807, 2.05) is 0 Å². The normalized spacial score (nSPS) is 20.4. The van der Waals surface area contributed by atoms with Crippen molar-refractivity contribution in [3.63, 3.8) is 0 Å². The number of halogens is 1. The van der Waals surface area contributed by atoms with Gasteiger partial charge in [-0.05, 0) is 50.9 Å². The van der Waals surface area contributed by atoms with Crippen LogP contribution in [0.5, 0.6) is 0 Å². The number of aromatic nitrogens is 3. The highest BCUT2D eigenvalue weighted by molar-refractivity contribution is 5.56. The van der Waals surface area contributed by atoms with Crippen LogP contribution in [0.25, 0.3) is 0 Å². The molecule has 0 spiro atoms. The van der Waals surface area contributed by atoms with Crippen molar-refractivity contribution in [2.75, 3.05) is 35.6 Å². The first-order valence-electron chi connectivity index (χ1n) is 11.7. The highest BCUT2D eigenvalue weighted by Crippen LogP contribution is 2.23. The summed E-state index contributed by atoms with van der Waals surface area (Å²) in [7, 11) is 0. The summed E-state index contributed by atoms with van der Waals surface area (Å²) in [6, 6.07) is 7.42. The van der Waals surface area contributed by atoms with Gasteiger partial charge in [0.15, 0.2) is 0 Å². The predicted molar refractivity (Wildman–Crippen MR) is 123 cm³/mol. The Morgan fingerprint density at radius 3 is 2.45 bits per heavy atom. The van der Waals surface area contributed by atoms with Crippen molar-refractivity contribution in [3.05, 3.63) is 30.1 Å². The van der Waals surface area contributed by atoms with Crippen LogP contribution < -0.4 is 16.0 Å². The van der Waals surface area contributed by atoms with Crippen molar-refractivity contribution in [1.29, 1.82) is 0 Å². The molecule has 31 heavy (non-hydrogen) atoms. The van der Waals surface area contributed by atoms with Gasteiger partial charge in [-0.3, -0.25) is 4.90 Å². The molecule has 1 aromatic carbocycles. The van der Waals surface area contributed by atoms with E-state index in [0.29, 0.717) is 35.6 Å². The summed E-state index contributed by atoms with van der Waals surface area (Å²) < 4.78 is 14.2. The first-order valence-corrected chi connectivity index (χ1v) is 11.7. The Hall–Kier alpha value is -2.48. The average Bonchev–Trinajstić information content (AvgIpc) is 3.08. The summed E-state index contributed by atoms with van der Waals surface area (Å²) in [5.41, 5.74) is 0.355. The summed E-state index contributed by atoms with van der Waals surface area (Å²) in [4.78, 5) is 16.2. The van der Waals surface area contributed by atoms with Crippen molar-refractivity contribution in [2.24, 2.45) is 0 Å². The molecule has 1 atom stereocenters. The van der Waals surface area contributed by atoms with Crippen LogP contribution in [-0.4, -0.2) is 51.6 Å². The molecule has 2 aromatic rings. The van der Waals surface area contributed by atoms with Gasteiger partial charge in [-0.1, -0.05) is 44.7 Å². The molecule has 2 aliphatic rings. The Kier molecular flexibility index (Phi) is 7.51. The van der Waals surface area contributed by atoms with Gasteiger partial charge in [0.25, 0.3) is 0 Å². The van der Waals surface area contributed by atoms with E-state index in [1.54, 1.807) is 18.2 Å². The van der Waals surface area contributed by atoms with E-state index in [2.05, 4.69) is 42.7 Å². The lowest BCUT2D eigenvalue weighted by Crippen LogP contribution is -2.35. The van der Waals surface area contributed by atoms with Crippen LogP contribution in [0.3, 0.4) is 0 Å². The number of para-hydroxylation sites is 1. The van der Waals surface area contributed by atoms with Gasteiger partial charge in [-0.25, -0.2) is 4.39 Å². The lowest BCUT2D eigenvalue weighted by Gasteiger charge is -2.23. The molecule has 1 saturated heterocycles. The quantitative estimate of drug-likeness (QED) is 0.523. The second-order valence-electron chi connectivity index (χ2n) is 8.55. The standard InChI is InChI=1S/C23H34FN7/c1-2-31-15-9-12-18(31)16-25-21-28-22(26-17-10-5-3-4-6-11-17)30-23(29-21)27-20-14-8-7-13-19(20)24/h7-8,13-14,17-18H,2-6,9-12,15-16H2,1H3,(H3,25,26,27,28,29,30). The third kappa shape index (κ3) is 6.03. The molecule has 2 heterocycles. The van der Waals surface area contributed by atoms with E-state index in [0.717, 1.165) is 32.5 Å². The van der Waals surface area contributed by atoms with Crippen LogP contribution in [0.1, 0.15) is 58.3 Å². The van der Waals surface area contributed by atoms with E-state index in [4.69, 9.17) is 0 Å². The molecule has 3 N–H and O–H groups in total. The number of likely N-dealkylation sites (N-methyl/N-ethyl adjacent to an activating group) is 1. The number of anilines is 4. The molecule has 7 nitrogen and oxygen atoms in total. The van der Waals surface area contributed by atoms with Crippen LogP contribution >= 0.6 is 0 Å². The number of hydrogen-bond donors (Lipinski definition) is 3. The lowest BCUT2D eigenvalue weighted by atomic mass is 10.1. The fourth-order valence-corrected chi connectivity index (χ4v) is 4.62. The lowest BCUT2D eigenvalue weighted by molar-refractivity contribution is 0.277. The number of benzene rings is 1. The molecule has 1 aliphatic heterocycles. The number of likely N-dealkylation sites (tertiary alicyclic amines) is 1. The van der Waals surface area contributed by atoms with E-state index < -0.39 is 0 Å². The van der Waals surface area contributed by atoms with E-state index in [1.165, 1.54) is 44.6 Å². The summed E-state index contributed by atoms with van der Waals surface area (Å²) in [6.45, 7) is 5.19. The van der Waals surface area contributed by atoms with Crippen LogP contribution in [-0.2, 0) is 0 Å². The van der Waals surface area contributed by atoms with Gasteiger partial charge in [0.1, 0.15) is 5.82 Å².